The van der Waals surface area contributed by atoms with Gasteiger partial charge in [-0.2, -0.15) is 0 Å². The Hall–Kier alpha value is -0.410. The molecule has 0 bridgehead atoms. The van der Waals surface area contributed by atoms with Crippen LogP contribution in [0.4, 0.5) is 0 Å². The summed E-state index contributed by atoms with van der Waals surface area (Å²) in [4.78, 5) is 0. The second-order valence-electron chi connectivity index (χ2n) is 3.34. The fourth-order valence-corrected chi connectivity index (χ4v) is 6.42. The number of thiocarbonyl (C=S) groups is 1. The Balaban J connectivity index is 2.43. The van der Waals surface area contributed by atoms with E-state index in [0.717, 1.165) is 0 Å². The first-order chi connectivity index (χ1) is 6.30. The van der Waals surface area contributed by atoms with E-state index in [2.05, 4.69) is 22.3 Å². The lowest BCUT2D eigenvalue weighted by molar-refractivity contribution is 0.549. The van der Waals surface area contributed by atoms with Gasteiger partial charge in [-0.3, -0.25) is 4.72 Å². The van der Waals surface area contributed by atoms with Crippen molar-refractivity contribution in [1.82, 2.24) is 10.0 Å². The third-order valence-corrected chi connectivity index (χ3v) is 6.33. The standard InChI is InChI=1S/C5H8N2O4S3/c8-13(9)1-3-4(2-13)14(10,11)7-5(12)6-3/h3-4H,1-2H2,(H2,6,7,12)/t3-,4+/m0/s1. The Morgan fingerprint density at radius 2 is 1.86 bits per heavy atom. The van der Waals surface area contributed by atoms with E-state index in [1.54, 1.807) is 0 Å². The highest BCUT2D eigenvalue weighted by Crippen LogP contribution is 2.21. The Morgan fingerprint density at radius 1 is 1.21 bits per heavy atom. The summed E-state index contributed by atoms with van der Waals surface area (Å²) in [5.41, 5.74) is 0. The summed E-state index contributed by atoms with van der Waals surface area (Å²) in [7, 11) is -6.88. The molecule has 2 rings (SSSR count). The molecule has 2 atom stereocenters. The molecule has 2 aliphatic heterocycles. The summed E-state index contributed by atoms with van der Waals surface area (Å²) >= 11 is 4.66. The van der Waals surface area contributed by atoms with Crippen molar-refractivity contribution < 1.29 is 16.8 Å². The van der Waals surface area contributed by atoms with E-state index in [-0.39, 0.29) is 16.6 Å². The van der Waals surface area contributed by atoms with E-state index in [1.807, 2.05) is 0 Å². The fourth-order valence-electron chi connectivity index (χ4n) is 1.66. The fraction of sp³-hybridized carbons (Fsp3) is 0.800. The van der Waals surface area contributed by atoms with Crippen LogP contribution in [0.3, 0.4) is 0 Å². The average molecular weight is 256 g/mol. The van der Waals surface area contributed by atoms with Crippen molar-refractivity contribution in [3.8, 4) is 0 Å². The monoisotopic (exact) mass is 256 g/mol. The average Bonchev–Trinajstić information content (AvgIpc) is 2.22. The van der Waals surface area contributed by atoms with Crippen molar-refractivity contribution in [2.75, 3.05) is 11.5 Å². The van der Waals surface area contributed by atoms with Gasteiger partial charge in [-0.15, -0.1) is 0 Å². The molecule has 0 aromatic carbocycles. The zero-order valence-electron chi connectivity index (χ0n) is 6.93. The third kappa shape index (κ3) is 1.59. The van der Waals surface area contributed by atoms with Crippen molar-refractivity contribution in [2.45, 2.75) is 11.3 Å². The van der Waals surface area contributed by atoms with Crippen LogP contribution in [-0.2, 0) is 19.9 Å². The number of fused-ring (bicyclic) bond motifs is 1. The molecule has 0 aromatic heterocycles. The van der Waals surface area contributed by atoms with Gasteiger partial charge in [0.1, 0.15) is 5.25 Å². The van der Waals surface area contributed by atoms with E-state index in [0.29, 0.717) is 0 Å². The number of nitrogens with one attached hydrogen (secondary N) is 2. The topological polar surface area (TPSA) is 92.3 Å². The summed E-state index contributed by atoms with van der Waals surface area (Å²) < 4.78 is 47.4. The molecular formula is C5H8N2O4S3. The van der Waals surface area contributed by atoms with Crippen LogP contribution in [0.2, 0.25) is 0 Å². The van der Waals surface area contributed by atoms with Gasteiger partial charge in [-0.25, -0.2) is 16.8 Å². The molecule has 0 unspecified atom stereocenters. The first kappa shape index (κ1) is 10.1. The quantitative estimate of drug-likeness (QED) is 0.485. The van der Waals surface area contributed by atoms with Crippen molar-refractivity contribution in [2.24, 2.45) is 0 Å². The van der Waals surface area contributed by atoms with E-state index in [9.17, 15) is 16.8 Å². The Morgan fingerprint density at radius 3 is 2.50 bits per heavy atom. The van der Waals surface area contributed by atoms with E-state index in [4.69, 9.17) is 0 Å². The van der Waals surface area contributed by atoms with Crippen LogP contribution < -0.4 is 10.0 Å². The van der Waals surface area contributed by atoms with Crippen LogP contribution in [0.5, 0.6) is 0 Å². The van der Waals surface area contributed by atoms with Gasteiger partial charge >= 0.3 is 0 Å². The molecule has 2 aliphatic rings. The van der Waals surface area contributed by atoms with Gasteiger partial charge < -0.3 is 5.32 Å². The Bertz CT molecular complexity index is 479. The summed E-state index contributed by atoms with van der Waals surface area (Å²) in [5, 5.41) is 1.71. The van der Waals surface area contributed by atoms with Crippen molar-refractivity contribution in [3.63, 3.8) is 0 Å². The molecule has 0 spiro atoms. The molecule has 14 heavy (non-hydrogen) atoms. The minimum Gasteiger partial charge on any atom is -0.357 e. The smallest absolute Gasteiger partial charge is 0.240 e. The van der Waals surface area contributed by atoms with Crippen LogP contribution >= 0.6 is 12.2 Å². The van der Waals surface area contributed by atoms with E-state index >= 15 is 0 Å². The summed E-state index contributed by atoms with van der Waals surface area (Å²) in [6, 6.07) is -0.598. The first-order valence-corrected chi connectivity index (χ1v) is 7.60. The molecule has 0 radical (unpaired) electrons. The molecular weight excluding hydrogens is 248 g/mol. The molecule has 2 fully saturated rings. The lowest BCUT2D eigenvalue weighted by atomic mass is 10.2. The molecule has 2 saturated heterocycles. The number of rotatable bonds is 0. The predicted octanol–water partition coefficient (Wildman–Crippen LogP) is -2.04. The number of hydrogen-bond acceptors (Lipinski definition) is 5. The maximum atomic E-state index is 11.5. The molecule has 0 aromatic rings. The molecule has 6 nitrogen and oxygen atoms in total. The maximum absolute atomic E-state index is 11.5. The maximum Gasteiger partial charge on any atom is 0.240 e. The van der Waals surface area contributed by atoms with Crippen LogP contribution in [0.15, 0.2) is 0 Å². The number of sulfonamides is 1. The van der Waals surface area contributed by atoms with Crippen molar-refractivity contribution >= 4 is 37.2 Å². The molecule has 0 aliphatic carbocycles. The molecule has 2 N–H and O–H groups in total. The lowest BCUT2D eigenvalue weighted by Crippen LogP contribution is -2.59. The normalized spacial score (nSPS) is 38.1. The highest BCUT2D eigenvalue weighted by atomic mass is 32.2. The zero-order chi connectivity index (χ0) is 10.6. The molecule has 0 amide bonds. The van der Waals surface area contributed by atoms with Crippen LogP contribution in [-0.4, -0.2) is 44.7 Å². The van der Waals surface area contributed by atoms with Gasteiger partial charge in [0.05, 0.1) is 17.5 Å². The summed E-state index contributed by atoms with van der Waals surface area (Å²) in [6.07, 6.45) is 0. The number of hydrogen-bond donors (Lipinski definition) is 2. The van der Waals surface area contributed by atoms with Crippen LogP contribution in [0.1, 0.15) is 0 Å². The molecule has 9 heteroatoms. The lowest BCUT2D eigenvalue weighted by Gasteiger charge is -2.27. The largest absolute Gasteiger partial charge is 0.357 e. The first-order valence-electron chi connectivity index (χ1n) is 3.83. The minimum atomic E-state index is -3.61. The Labute approximate surface area is 87.0 Å². The summed E-state index contributed by atoms with van der Waals surface area (Å²) in [6.45, 7) is 0. The van der Waals surface area contributed by atoms with E-state index in [1.165, 1.54) is 0 Å². The van der Waals surface area contributed by atoms with Gasteiger partial charge in [0.2, 0.25) is 10.0 Å². The van der Waals surface area contributed by atoms with Crippen LogP contribution in [0.25, 0.3) is 0 Å². The SMILES string of the molecule is O=S1(=O)C[C@@H]2NC(=S)NS(=O)(=O)[C@@H]2C1. The van der Waals surface area contributed by atoms with Gasteiger partial charge in [0.25, 0.3) is 0 Å². The molecule has 2 heterocycles. The van der Waals surface area contributed by atoms with Gasteiger partial charge in [0.15, 0.2) is 14.9 Å². The highest BCUT2D eigenvalue weighted by Gasteiger charge is 2.48. The number of sulfone groups is 1. The highest BCUT2D eigenvalue weighted by molar-refractivity contribution is 7.96. The molecule has 0 saturated carbocycles. The van der Waals surface area contributed by atoms with E-state index < -0.39 is 31.2 Å². The second-order valence-corrected chi connectivity index (χ2v) is 7.80. The van der Waals surface area contributed by atoms with Gasteiger partial charge in [-0.1, -0.05) is 0 Å². The van der Waals surface area contributed by atoms with Gasteiger partial charge in [0, 0.05) is 0 Å². The Kier molecular flexibility index (Phi) is 2.02. The second kappa shape index (κ2) is 2.80. The predicted molar refractivity (Wildman–Crippen MR) is 54.0 cm³/mol. The third-order valence-electron chi connectivity index (χ3n) is 2.25. The van der Waals surface area contributed by atoms with Crippen molar-refractivity contribution in [1.29, 1.82) is 0 Å². The van der Waals surface area contributed by atoms with Gasteiger partial charge in [-0.05, 0) is 12.2 Å². The zero-order valence-corrected chi connectivity index (χ0v) is 9.38. The minimum absolute atomic E-state index is 0.0247. The molecule has 80 valence electrons. The van der Waals surface area contributed by atoms with Crippen molar-refractivity contribution in [3.05, 3.63) is 0 Å². The summed E-state index contributed by atoms with van der Waals surface area (Å²) in [5.74, 6) is -0.499. The van der Waals surface area contributed by atoms with Crippen LogP contribution in [0, 0.1) is 0 Å².